The number of hydrogen-bond donors (Lipinski definition) is 0. The van der Waals surface area contributed by atoms with Gasteiger partial charge < -0.3 is 9.80 Å². The first-order chi connectivity index (χ1) is 15.6. The minimum absolute atomic E-state index is 0.0665. The fourth-order valence-corrected chi connectivity index (χ4v) is 5.04. The van der Waals surface area contributed by atoms with Crippen LogP contribution in [0.5, 0.6) is 0 Å². The number of pyridine rings is 2. The molecular weight excluding hydrogens is 402 g/mol. The van der Waals surface area contributed by atoms with E-state index in [0.29, 0.717) is 17.4 Å². The zero-order valence-corrected chi connectivity index (χ0v) is 18.0. The molecule has 2 unspecified atom stereocenters. The molecule has 2 amide bonds. The minimum atomic E-state index is -0.298. The van der Waals surface area contributed by atoms with Crippen LogP contribution in [0.2, 0.25) is 0 Å². The summed E-state index contributed by atoms with van der Waals surface area (Å²) in [5.41, 5.74) is 4.31. The Hall–Kier alpha value is -3.74. The second-order valence-corrected chi connectivity index (χ2v) is 8.69. The van der Waals surface area contributed by atoms with Gasteiger partial charge in [0.05, 0.1) is 23.6 Å². The summed E-state index contributed by atoms with van der Waals surface area (Å²) in [5.74, 6) is 0.574. The van der Waals surface area contributed by atoms with Gasteiger partial charge in [-0.3, -0.25) is 19.5 Å². The number of rotatable bonds is 3. The van der Waals surface area contributed by atoms with Crippen LogP contribution in [0.4, 0.5) is 17.2 Å². The molecule has 1 fully saturated rings. The van der Waals surface area contributed by atoms with Crippen molar-refractivity contribution in [2.24, 2.45) is 0 Å². The number of carbonyl (C=O) groups is 2. The van der Waals surface area contributed by atoms with E-state index in [-0.39, 0.29) is 23.9 Å². The first-order valence-electron chi connectivity index (χ1n) is 10.9. The van der Waals surface area contributed by atoms with Crippen LogP contribution in [-0.2, 0) is 4.79 Å². The predicted molar refractivity (Wildman–Crippen MR) is 122 cm³/mol. The summed E-state index contributed by atoms with van der Waals surface area (Å²) in [4.78, 5) is 40.9. The number of anilines is 3. The van der Waals surface area contributed by atoms with Gasteiger partial charge in [-0.2, -0.15) is 0 Å². The van der Waals surface area contributed by atoms with E-state index < -0.39 is 0 Å². The number of likely N-dealkylation sites (N-methyl/N-ethyl adjacent to an activating group) is 1. The summed E-state index contributed by atoms with van der Waals surface area (Å²) in [6.07, 6.45) is 7.40. The Bertz CT molecular complexity index is 1240. The number of benzene rings is 1. The molecule has 0 N–H and O–H groups in total. The molecule has 3 aliphatic rings. The molecule has 7 nitrogen and oxygen atoms in total. The maximum atomic E-state index is 13.5. The van der Waals surface area contributed by atoms with Gasteiger partial charge in [0.1, 0.15) is 11.9 Å². The van der Waals surface area contributed by atoms with E-state index in [4.69, 9.17) is 0 Å². The van der Waals surface area contributed by atoms with Gasteiger partial charge in [-0.05, 0) is 43.0 Å². The molecule has 160 valence electrons. The standard InChI is InChI=1S/C25H23N5O2/c1-15-24(31)28(2)21-14-27-22(12-20(21)29(15)17-9-10-17)30-23(16-6-5-11-26-13-16)18-7-3-4-8-19(18)25(30)32/h3-8,11-15,17,23H,9-10H2,1-2H3. The van der Waals surface area contributed by atoms with Crippen molar-refractivity contribution >= 4 is 29.0 Å². The van der Waals surface area contributed by atoms with Crippen LogP contribution in [0.1, 0.15) is 47.3 Å². The van der Waals surface area contributed by atoms with Gasteiger partial charge in [-0.1, -0.05) is 24.3 Å². The van der Waals surface area contributed by atoms with Crippen molar-refractivity contribution in [1.29, 1.82) is 0 Å². The van der Waals surface area contributed by atoms with Crippen LogP contribution < -0.4 is 14.7 Å². The first kappa shape index (κ1) is 19.0. The number of carbonyl (C=O) groups excluding carboxylic acids is 2. The lowest BCUT2D eigenvalue weighted by Crippen LogP contribution is -2.51. The minimum Gasteiger partial charge on any atom is -0.355 e. The van der Waals surface area contributed by atoms with Crippen LogP contribution in [0.15, 0.2) is 61.1 Å². The maximum absolute atomic E-state index is 13.5. The van der Waals surface area contributed by atoms with Gasteiger partial charge >= 0.3 is 0 Å². The van der Waals surface area contributed by atoms with Crippen LogP contribution in [-0.4, -0.2) is 40.9 Å². The lowest BCUT2D eigenvalue weighted by molar-refractivity contribution is -0.119. The molecule has 1 aromatic carbocycles. The number of nitrogens with zero attached hydrogens (tertiary/aromatic N) is 5. The van der Waals surface area contributed by atoms with Crippen molar-refractivity contribution < 1.29 is 9.59 Å². The van der Waals surface area contributed by atoms with Gasteiger partial charge in [0, 0.05) is 37.1 Å². The highest BCUT2D eigenvalue weighted by molar-refractivity contribution is 6.12. The highest BCUT2D eigenvalue weighted by atomic mass is 16.2. The molecule has 0 spiro atoms. The highest BCUT2D eigenvalue weighted by Gasteiger charge is 2.44. The molecular formula is C25H23N5O2. The Labute approximate surface area is 186 Å². The Morgan fingerprint density at radius 3 is 2.56 bits per heavy atom. The molecule has 1 saturated carbocycles. The summed E-state index contributed by atoms with van der Waals surface area (Å²) in [5, 5.41) is 0. The molecule has 0 radical (unpaired) electrons. The van der Waals surface area contributed by atoms with Gasteiger partial charge in [0.25, 0.3) is 5.91 Å². The fraction of sp³-hybridized carbons (Fsp3) is 0.280. The molecule has 2 atom stereocenters. The lowest BCUT2D eigenvalue weighted by Gasteiger charge is -2.40. The van der Waals surface area contributed by atoms with E-state index in [9.17, 15) is 9.59 Å². The third-order valence-corrected chi connectivity index (χ3v) is 6.74. The molecule has 2 aromatic heterocycles. The molecule has 7 heteroatoms. The van der Waals surface area contributed by atoms with Crippen molar-refractivity contribution in [3.63, 3.8) is 0 Å². The van der Waals surface area contributed by atoms with Crippen molar-refractivity contribution in [3.8, 4) is 0 Å². The lowest BCUT2D eigenvalue weighted by atomic mass is 9.99. The summed E-state index contributed by atoms with van der Waals surface area (Å²) in [6, 6.07) is 13.4. The van der Waals surface area contributed by atoms with Crippen LogP contribution >= 0.6 is 0 Å². The number of aromatic nitrogens is 2. The summed E-state index contributed by atoms with van der Waals surface area (Å²) in [7, 11) is 1.79. The van der Waals surface area contributed by atoms with Crippen molar-refractivity contribution in [2.75, 3.05) is 21.7 Å². The van der Waals surface area contributed by atoms with Gasteiger partial charge in [-0.15, -0.1) is 0 Å². The monoisotopic (exact) mass is 425 g/mol. The van der Waals surface area contributed by atoms with Crippen molar-refractivity contribution in [3.05, 3.63) is 77.7 Å². The molecule has 3 aromatic rings. The van der Waals surface area contributed by atoms with Gasteiger partial charge in [0.2, 0.25) is 5.91 Å². The van der Waals surface area contributed by atoms with E-state index in [0.717, 1.165) is 35.3 Å². The highest BCUT2D eigenvalue weighted by Crippen LogP contribution is 2.46. The molecule has 4 heterocycles. The van der Waals surface area contributed by atoms with Crippen molar-refractivity contribution in [2.45, 2.75) is 37.9 Å². The normalized spacial score (nSPS) is 22.2. The zero-order chi connectivity index (χ0) is 22.0. The smallest absolute Gasteiger partial charge is 0.260 e. The quantitative estimate of drug-likeness (QED) is 0.642. The third kappa shape index (κ3) is 2.67. The maximum Gasteiger partial charge on any atom is 0.260 e. The average molecular weight is 425 g/mol. The molecule has 0 saturated heterocycles. The predicted octanol–water partition coefficient (Wildman–Crippen LogP) is 3.56. The van der Waals surface area contributed by atoms with Crippen molar-refractivity contribution in [1.82, 2.24) is 9.97 Å². The molecule has 0 bridgehead atoms. The summed E-state index contributed by atoms with van der Waals surface area (Å²) in [6.45, 7) is 1.95. The van der Waals surface area contributed by atoms with E-state index in [2.05, 4.69) is 14.9 Å². The van der Waals surface area contributed by atoms with Crippen LogP contribution in [0, 0.1) is 0 Å². The summed E-state index contributed by atoms with van der Waals surface area (Å²) >= 11 is 0. The number of hydrogen-bond acceptors (Lipinski definition) is 5. The zero-order valence-electron chi connectivity index (χ0n) is 18.0. The van der Waals surface area contributed by atoms with E-state index in [1.165, 1.54) is 0 Å². The van der Waals surface area contributed by atoms with Crippen LogP contribution in [0.25, 0.3) is 0 Å². The van der Waals surface area contributed by atoms with Gasteiger partial charge in [-0.25, -0.2) is 4.98 Å². The molecule has 6 rings (SSSR count). The Kier molecular flexibility index (Phi) is 4.08. The third-order valence-electron chi connectivity index (χ3n) is 6.74. The largest absolute Gasteiger partial charge is 0.355 e. The SMILES string of the molecule is CC1C(=O)N(C)c2cnc(N3C(=O)c4ccccc4C3c3cccnc3)cc2N1C1CC1. The van der Waals surface area contributed by atoms with Crippen LogP contribution in [0.3, 0.4) is 0 Å². The number of fused-ring (bicyclic) bond motifs is 2. The Morgan fingerprint density at radius 1 is 1.00 bits per heavy atom. The fourth-order valence-electron chi connectivity index (χ4n) is 5.04. The molecule has 1 aliphatic carbocycles. The summed E-state index contributed by atoms with van der Waals surface area (Å²) < 4.78 is 0. The topological polar surface area (TPSA) is 69.6 Å². The molecule has 32 heavy (non-hydrogen) atoms. The van der Waals surface area contributed by atoms with E-state index in [1.54, 1.807) is 35.4 Å². The van der Waals surface area contributed by atoms with E-state index in [1.807, 2.05) is 49.4 Å². The van der Waals surface area contributed by atoms with Gasteiger partial charge in [0.15, 0.2) is 0 Å². The first-order valence-corrected chi connectivity index (χ1v) is 10.9. The number of amides is 2. The van der Waals surface area contributed by atoms with E-state index >= 15 is 0 Å². The molecule has 2 aliphatic heterocycles. The average Bonchev–Trinajstić information content (AvgIpc) is 3.61. The second kappa shape index (κ2) is 6.88. The Balaban J connectivity index is 1.51. The second-order valence-electron chi connectivity index (χ2n) is 8.69. The Morgan fingerprint density at radius 2 is 1.81 bits per heavy atom.